The molecule has 0 aliphatic heterocycles. The van der Waals surface area contributed by atoms with Crippen LogP contribution in [0.1, 0.15) is 29.2 Å². The second-order valence-electron chi connectivity index (χ2n) is 8.18. The zero-order valence-corrected chi connectivity index (χ0v) is 23.3. The van der Waals surface area contributed by atoms with Gasteiger partial charge in [-0.2, -0.15) is 0 Å². The monoisotopic (exact) mass is 630 g/mol. The van der Waals surface area contributed by atoms with Crippen molar-refractivity contribution in [3.05, 3.63) is 114 Å². The second kappa shape index (κ2) is 9.29. The van der Waals surface area contributed by atoms with Gasteiger partial charge in [-0.3, -0.25) is 4.79 Å². The Balaban J connectivity index is 1.92. The fraction of sp³-hybridized carbons (Fsp3) is 0.107. The van der Waals surface area contributed by atoms with Crippen molar-refractivity contribution in [2.24, 2.45) is 0 Å². The zero-order chi connectivity index (χ0) is 24.9. The van der Waals surface area contributed by atoms with Gasteiger partial charge in [0.1, 0.15) is 0 Å². The van der Waals surface area contributed by atoms with Crippen molar-refractivity contribution in [3.63, 3.8) is 0 Å². The fourth-order valence-electron chi connectivity index (χ4n) is 5.01. The van der Waals surface area contributed by atoms with Gasteiger partial charge in [0.15, 0.2) is 11.5 Å². The SMILES string of the molecule is COc1c(Cl)cc(C2(c3cc(Cl)c(OC(C)=O)c(Br)c3)c3ccccc3-c3ccccc32)cc1Br. The number of benzene rings is 4. The Morgan fingerprint density at radius 1 is 0.771 bits per heavy atom. The lowest BCUT2D eigenvalue weighted by atomic mass is 9.67. The van der Waals surface area contributed by atoms with Crippen molar-refractivity contribution in [3.8, 4) is 22.6 Å². The summed E-state index contributed by atoms with van der Waals surface area (Å²) in [6.45, 7) is 1.35. The standard InChI is InChI=1S/C28H18Br2Cl2O3/c1-15(33)35-27-23(30)12-17(14-25(27)32)28(16-11-22(29)26(34-2)24(31)13-16)20-9-5-3-7-18(20)19-8-4-6-10-21(19)28/h3-14H,1-2H3. The van der Waals surface area contributed by atoms with Crippen LogP contribution in [0.25, 0.3) is 11.1 Å². The van der Waals surface area contributed by atoms with Crippen molar-refractivity contribution in [2.75, 3.05) is 7.11 Å². The number of methoxy groups -OCH3 is 1. The molecule has 4 aromatic rings. The molecule has 0 fully saturated rings. The molecule has 35 heavy (non-hydrogen) atoms. The van der Waals surface area contributed by atoms with Gasteiger partial charge in [0.25, 0.3) is 0 Å². The number of ether oxygens (including phenoxy) is 2. The lowest BCUT2D eigenvalue weighted by Gasteiger charge is -2.35. The summed E-state index contributed by atoms with van der Waals surface area (Å²) in [6.07, 6.45) is 0. The van der Waals surface area contributed by atoms with Crippen molar-refractivity contribution in [2.45, 2.75) is 12.3 Å². The molecule has 5 rings (SSSR count). The number of hydrogen-bond donors (Lipinski definition) is 0. The molecule has 0 amide bonds. The first kappa shape index (κ1) is 24.4. The summed E-state index contributed by atoms with van der Waals surface area (Å²) in [5, 5.41) is 0.810. The van der Waals surface area contributed by atoms with Gasteiger partial charge < -0.3 is 9.47 Å². The quantitative estimate of drug-likeness (QED) is 0.147. The molecule has 0 aromatic heterocycles. The molecule has 0 saturated carbocycles. The van der Waals surface area contributed by atoms with Crippen LogP contribution in [0.3, 0.4) is 0 Å². The summed E-state index contributed by atoms with van der Waals surface area (Å²) in [5.41, 5.74) is 5.54. The summed E-state index contributed by atoms with van der Waals surface area (Å²) < 4.78 is 12.2. The van der Waals surface area contributed by atoms with E-state index in [1.165, 1.54) is 6.92 Å². The fourth-order valence-corrected chi connectivity index (χ4v) is 6.96. The van der Waals surface area contributed by atoms with Gasteiger partial charge in [-0.05, 0) is 89.5 Å². The molecule has 0 unspecified atom stereocenters. The van der Waals surface area contributed by atoms with Gasteiger partial charge in [0.05, 0.1) is 31.5 Å². The van der Waals surface area contributed by atoms with E-state index in [0.29, 0.717) is 20.3 Å². The largest absolute Gasteiger partial charge is 0.494 e. The number of carbonyl (C=O) groups is 1. The highest BCUT2D eigenvalue weighted by Crippen LogP contribution is 2.58. The van der Waals surface area contributed by atoms with E-state index >= 15 is 0 Å². The van der Waals surface area contributed by atoms with E-state index in [2.05, 4.69) is 56.1 Å². The van der Waals surface area contributed by atoms with Crippen LogP contribution >= 0.6 is 55.1 Å². The van der Waals surface area contributed by atoms with Crippen LogP contribution < -0.4 is 9.47 Å². The molecule has 1 aliphatic rings. The molecule has 7 heteroatoms. The summed E-state index contributed by atoms with van der Waals surface area (Å²) in [7, 11) is 1.59. The Bertz CT molecular complexity index is 1410. The second-order valence-corrected chi connectivity index (χ2v) is 10.7. The number of fused-ring (bicyclic) bond motifs is 3. The van der Waals surface area contributed by atoms with E-state index in [1.807, 2.05) is 48.5 Å². The predicted molar refractivity (Wildman–Crippen MR) is 147 cm³/mol. The molecule has 4 aromatic carbocycles. The van der Waals surface area contributed by atoms with E-state index in [4.69, 9.17) is 32.7 Å². The molecule has 0 heterocycles. The lowest BCUT2D eigenvalue weighted by molar-refractivity contribution is -0.131. The van der Waals surface area contributed by atoms with E-state index in [-0.39, 0.29) is 5.75 Å². The predicted octanol–water partition coefficient (Wildman–Crippen LogP) is 8.82. The van der Waals surface area contributed by atoms with E-state index in [1.54, 1.807) is 7.11 Å². The Morgan fingerprint density at radius 2 is 1.23 bits per heavy atom. The molecule has 1 aliphatic carbocycles. The van der Waals surface area contributed by atoms with Crippen LogP contribution in [0.5, 0.6) is 11.5 Å². The van der Waals surface area contributed by atoms with Crippen molar-refractivity contribution in [1.29, 1.82) is 0 Å². The van der Waals surface area contributed by atoms with Crippen LogP contribution in [0.15, 0.2) is 81.7 Å². The van der Waals surface area contributed by atoms with Crippen molar-refractivity contribution in [1.82, 2.24) is 0 Å². The molecular formula is C28H18Br2Cl2O3. The maximum absolute atomic E-state index is 11.7. The average Bonchev–Trinajstić information content (AvgIpc) is 3.12. The van der Waals surface area contributed by atoms with Crippen LogP contribution in [0.4, 0.5) is 0 Å². The normalized spacial score (nSPS) is 13.2. The first-order valence-electron chi connectivity index (χ1n) is 10.7. The minimum absolute atomic E-state index is 0.284. The van der Waals surface area contributed by atoms with Crippen molar-refractivity contribution >= 4 is 61.0 Å². The van der Waals surface area contributed by atoms with E-state index < -0.39 is 11.4 Å². The maximum Gasteiger partial charge on any atom is 0.308 e. The minimum Gasteiger partial charge on any atom is -0.494 e. The molecule has 0 saturated heterocycles. The van der Waals surface area contributed by atoms with Crippen molar-refractivity contribution < 1.29 is 14.3 Å². The van der Waals surface area contributed by atoms with Crippen LogP contribution in [-0.2, 0) is 10.2 Å². The number of halogens is 4. The first-order valence-corrected chi connectivity index (χ1v) is 13.0. The van der Waals surface area contributed by atoms with Gasteiger partial charge >= 0.3 is 5.97 Å². The van der Waals surface area contributed by atoms with Gasteiger partial charge in [0, 0.05) is 6.92 Å². The number of rotatable bonds is 4. The Hall–Kier alpha value is -2.31. The summed E-state index contributed by atoms with van der Waals surface area (Å²) in [5.74, 6) is 0.401. The molecule has 3 nitrogen and oxygen atoms in total. The third-order valence-electron chi connectivity index (χ3n) is 6.26. The van der Waals surface area contributed by atoms with E-state index in [9.17, 15) is 4.79 Å². The number of hydrogen-bond acceptors (Lipinski definition) is 3. The molecule has 0 atom stereocenters. The molecule has 176 valence electrons. The third-order valence-corrected chi connectivity index (χ3v) is 8.00. The van der Waals surface area contributed by atoms with Gasteiger partial charge in [0.2, 0.25) is 0 Å². The summed E-state index contributed by atoms with van der Waals surface area (Å²) >= 11 is 20.7. The Kier molecular flexibility index (Phi) is 6.47. The van der Waals surface area contributed by atoms with Crippen LogP contribution in [-0.4, -0.2) is 13.1 Å². The zero-order valence-electron chi connectivity index (χ0n) is 18.7. The number of carbonyl (C=O) groups excluding carboxylic acids is 1. The molecule has 0 radical (unpaired) electrons. The molecule has 0 spiro atoms. The van der Waals surface area contributed by atoms with Crippen LogP contribution in [0, 0.1) is 0 Å². The molecular weight excluding hydrogens is 615 g/mol. The summed E-state index contributed by atoms with van der Waals surface area (Å²) in [6, 6.07) is 24.4. The minimum atomic E-state index is -0.744. The Labute approximate surface area is 230 Å². The highest BCUT2D eigenvalue weighted by atomic mass is 79.9. The topological polar surface area (TPSA) is 35.5 Å². The maximum atomic E-state index is 11.7. The van der Waals surface area contributed by atoms with Gasteiger partial charge in [-0.25, -0.2) is 0 Å². The third kappa shape index (κ3) is 3.80. The van der Waals surface area contributed by atoms with Gasteiger partial charge in [-0.1, -0.05) is 71.7 Å². The smallest absolute Gasteiger partial charge is 0.308 e. The average molecular weight is 633 g/mol. The molecule has 0 N–H and O–H groups in total. The molecule has 0 bridgehead atoms. The number of esters is 1. The Morgan fingerprint density at radius 3 is 1.66 bits per heavy atom. The highest BCUT2D eigenvalue weighted by Gasteiger charge is 2.47. The summed E-state index contributed by atoms with van der Waals surface area (Å²) in [4.78, 5) is 11.7. The van der Waals surface area contributed by atoms with Gasteiger partial charge in [-0.15, -0.1) is 0 Å². The van der Waals surface area contributed by atoms with Crippen LogP contribution in [0.2, 0.25) is 10.0 Å². The lowest BCUT2D eigenvalue weighted by Crippen LogP contribution is -2.29. The van der Waals surface area contributed by atoms with E-state index in [0.717, 1.165) is 37.9 Å². The first-order chi connectivity index (χ1) is 16.8. The highest BCUT2D eigenvalue weighted by molar-refractivity contribution is 9.11.